The number of carboxylic acids is 1. The molecule has 1 aliphatic carbocycles. The normalized spacial score (nSPS) is 34.6. The van der Waals surface area contributed by atoms with Crippen molar-refractivity contribution in [2.24, 2.45) is 17.8 Å². The van der Waals surface area contributed by atoms with Crippen LogP contribution in [0.1, 0.15) is 39.5 Å². The highest BCUT2D eigenvalue weighted by molar-refractivity contribution is 8.03. The summed E-state index contributed by atoms with van der Waals surface area (Å²) in [7, 11) is -2.97. The van der Waals surface area contributed by atoms with Gasteiger partial charge in [-0.05, 0) is 38.5 Å². The van der Waals surface area contributed by atoms with Gasteiger partial charge in [0.2, 0.25) is 5.91 Å². The fourth-order valence-electron chi connectivity index (χ4n) is 4.64. The molecule has 9 heteroatoms. The minimum Gasteiger partial charge on any atom is -0.477 e. The highest BCUT2D eigenvalue weighted by Crippen LogP contribution is 2.53. The van der Waals surface area contributed by atoms with Gasteiger partial charge in [0.15, 0.2) is 0 Å². The Morgan fingerprint density at radius 3 is 2.59 bits per heavy atom. The van der Waals surface area contributed by atoms with Crippen molar-refractivity contribution in [3.05, 3.63) is 10.6 Å². The highest BCUT2D eigenvalue weighted by atomic mass is 32.2. The Bertz CT molecular complexity index is 775. The monoisotopic (exact) mass is 417 g/mol. The van der Waals surface area contributed by atoms with Crippen LogP contribution in [0.25, 0.3) is 0 Å². The molecule has 1 amide bonds. The molecule has 7 nitrogen and oxygen atoms in total. The molecule has 2 fully saturated rings. The zero-order valence-corrected chi connectivity index (χ0v) is 17.4. The van der Waals surface area contributed by atoms with E-state index in [1.54, 1.807) is 6.92 Å². The largest absolute Gasteiger partial charge is 0.477 e. The van der Waals surface area contributed by atoms with Crippen molar-refractivity contribution < 1.29 is 28.2 Å². The highest BCUT2D eigenvalue weighted by Gasteiger charge is 2.60. The molecule has 3 aliphatic rings. The molecule has 1 unspecified atom stereocenters. The molecule has 1 saturated heterocycles. The second kappa shape index (κ2) is 7.40. The standard InChI is InChI=1S/C18H27NO6S2/c1-9-14-13(10(2)20)17(21)19(14)15(18(22)23)16(9)26-12-5-4-11(8-12)6-7-27(3,24)25/h9-14,20H,4-8H2,1-3H3,(H,22,23)/t9-,10-,11-,12?,13-,14-/m1/s1. The quantitative estimate of drug-likeness (QED) is 0.603. The van der Waals surface area contributed by atoms with E-state index in [1.807, 2.05) is 6.92 Å². The van der Waals surface area contributed by atoms with E-state index in [9.17, 15) is 28.2 Å². The van der Waals surface area contributed by atoms with E-state index in [0.717, 1.165) is 24.2 Å². The number of β-lactam (4-membered cyclic amide) rings is 1. The van der Waals surface area contributed by atoms with Crippen LogP contribution in [-0.2, 0) is 19.4 Å². The van der Waals surface area contributed by atoms with Crippen molar-refractivity contribution in [3.63, 3.8) is 0 Å². The number of hydrogen-bond acceptors (Lipinski definition) is 6. The molecule has 0 aromatic rings. The van der Waals surface area contributed by atoms with E-state index >= 15 is 0 Å². The predicted octanol–water partition coefficient (Wildman–Crippen LogP) is 1.48. The van der Waals surface area contributed by atoms with Gasteiger partial charge in [0.25, 0.3) is 0 Å². The lowest BCUT2D eigenvalue weighted by atomic mass is 9.79. The minimum absolute atomic E-state index is 0.0685. The summed E-state index contributed by atoms with van der Waals surface area (Å²) in [6.45, 7) is 3.50. The van der Waals surface area contributed by atoms with Crippen LogP contribution in [0, 0.1) is 17.8 Å². The molecule has 3 rings (SSSR count). The molecule has 0 aromatic heterocycles. The first-order valence-electron chi connectivity index (χ1n) is 9.34. The Morgan fingerprint density at radius 1 is 1.37 bits per heavy atom. The van der Waals surface area contributed by atoms with Gasteiger partial charge in [-0.15, -0.1) is 11.8 Å². The van der Waals surface area contributed by atoms with Crippen LogP contribution in [0.3, 0.4) is 0 Å². The number of carboxylic acid groups (broad SMARTS) is 1. The lowest BCUT2D eigenvalue weighted by Crippen LogP contribution is -2.63. The van der Waals surface area contributed by atoms with Crippen molar-refractivity contribution in [1.82, 2.24) is 4.90 Å². The van der Waals surface area contributed by atoms with Crippen molar-refractivity contribution in [2.45, 2.75) is 56.9 Å². The summed E-state index contributed by atoms with van der Waals surface area (Å²) in [6.07, 6.45) is 3.82. The number of hydrogen-bond donors (Lipinski definition) is 2. The van der Waals surface area contributed by atoms with Gasteiger partial charge < -0.3 is 15.1 Å². The van der Waals surface area contributed by atoms with E-state index in [-0.39, 0.29) is 34.6 Å². The maximum atomic E-state index is 12.4. The van der Waals surface area contributed by atoms with E-state index in [1.165, 1.54) is 22.9 Å². The lowest BCUT2D eigenvalue weighted by molar-refractivity contribution is -0.163. The third-order valence-electron chi connectivity index (χ3n) is 5.99. The maximum absolute atomic E-state index is 12.4. The van der Waals surface area contributed by atoms with Crippen molar-refractivity contribution in [2.75, 3.05) is 12.0 Å². The van der Waals surface area contributed by atoms with E-state index in [2.05, 4.69) is 0 Å². The summed E-state index contributed by atoms with van der Waals surface area (Å²) in [4.78, 5) is 26.3. The van der Waals surface area contributed by atoms with Gasteiger partial charge in [0.1, 0.15) is 15.5 Å². The van der Waals surface area contributed by atoms with Crippen LogP contribution in [0.4, 0.5) is 0 Å². The Labute approximate surface area is 164 Å². The molecule has 6 atom stereocenters. The Hall–Kier alpha value is -1.06. The van der Waals surface area contributed by atoms with Gasteiger partial charge in [-0.1, -0.05) is 6.92 Å². The topological polar surface area (TPSA) is 112 Å². The number of nitrogens with zero attached hydrogens (tertiary/aromatic N) is 1. The number of aliphatic hydroxyl groups is 1. The molecule has 27 heavy (non-hydrogen) atoms. The molecular formula is C18H27NO6S2. The van der Waals surface area contributed by atoms with Gasteiger partial charge in [-0.3, -0.25) is 4.79 Å². The lowest BCUT2D eigenvalue weighted by Gasteiger charge is -2.46. The summed E-state index contributed by atoms with van der Waals surface area (Å²) in [5.41, 5.74) is 0.0685. The number of aliphatic hydroxyl groups excluding tert-OH is 1. The van der Waals surface area contributed by atoms with Gasteiger partial charge in [0.05, 0.1) is 23.8 Å². The Balaban J connectivity index is 1.71. The summed E-state index contributed by atoms with van der Waals surface area (Å²) < 4.78 is 22.7. The number of sulfone groups is 1. The van der Waals surface area contributed by atoms with Gasteiger partial charge in [-0.2, -0.15) is 0 Å². The molecule has 152 valence electrons. The van der Waals surface area contributed by atoms with Crippen LogP contribution < -0.4 is 0 Å². The molecular weight excluding hydrogens is 390 g/mol. The number of fused-ring (bicyclic) bond motifs is 1. The van der Waals surface area contributed by atoms with E-state index < -0.39 is 27.8 Å². The third-order valence-corrected chi connectivity index (χ3v) is 8.55. The smallest absolute Gasteiger partial charge is 0.353 e. The second-order valence-electron chi connectivity index (χ2n) is 8.11. The molecule has 0 spiro atoms. The third kappa shape index (κ3) is 3.91. The van der Waals surface area contributed by atoms with Crippen LogP contribution >= 0.6 is 11.8 Å². The van der Waals surface area contributed by atoms with Gasteiger partial charge in [-0.25, -0.2) is 13.2 Å². The molecule has 2 aliphatic heterocycles. The molecule has 0 bridgehead atoms. The van der Waals surface area contributed by atoms with Crippen molar-refractivity contribution in [1.29, 1.82) is 0 Å². The number of carbonyl (C=O) groups excluding carboxylic acids is 1. The minimum atomic E-state index is -2.97. The average molecular weight is 418 g/mol. The van der Waals surface area contributed by atoms with Crippen molar-refractivity contribution >= 4 is 33.5 Å². The number of thioether (sulfide) groups is 1. The number of amides is 1. The second-order valence-corrected chi connectivity index (χ2v) is 11.7. The first-order chi connectivity index (χ1) is 12.5. The molecule has 1 saturated carbocycles. The summed E-state index contributed by atoms with van der Waals surface area (Å²) >= 11 is 1.53. The fourth-order valence-corrected chi connectivity index (χ4v) is 7.03. The van der Waals surface area contributed by atoms with Crippen LogP contribution in [0.2, 0.25) is 0 Å². The molecule has 2 heterocycles. The first-order valence-corrected chi connectivity index (χ1v) is 12.3. The zero-order valence-electron chi connectivity index (χ0n) is 15.8. The predicted molar refractivity (Wildman–Crippen MR) is 103 cm³/mol. The summed E-state index contributed by atoms with van der Waals surface area (Å²) in [5.74, 6) is -1.54. The van der Waals surface area contributed by atoms with Crippen LogP contribution in [-0.4, -0.2) is 64.8 Å². The van der Waals surface area contributed by atoms with E-state index in [0.29, 0.717) is 12.3 Å². The van der Waals surface area contributed by atoms with Gasteiger partial charge >= 0.3 is 5.97 Å². The Morgan fingerprint density at radius 2 is 2.04 bits per heavy atom. The van der Waals surface area contributed by atoms with Crippen molar-refractivity contribution in [3.8, 4) is 0 Å². The summed E-state index contributed by atoms with van der Waals surface area (Å²) in [6, 6.07) is -0.284. The number of carbonyl (C=O) groups is 2. The SMILES string of the molecule is C[C@@H](O)[C@H]1C(=O)N2C(C(=O)O)=C(SC3CC[C@H](CCS(C)(=O)=O)C3)[C@H](C)[C@H]12. The first kappa shape index (κ1) is 20.7. The number of aliphatic carboxylic acids is 1. The molecule has 0 radical (unpaired) electrons. The number of rotatable bonds is 7. The average Bonchev–Trinajstić information content (AvgIpc) is 3.07. The maximum Gasteiger partial charge on any atom is 0.353 e. The fraction of sp³-hybridized carbons (Fsp3) is 0.778. The van der Waals surface area contributed by atoms with E-state index in [4.69, 9.17) is 0 Å². The zero-order chi connectivity index (χ0) is 20.1. The summed E-state index contributed by atoms with van der Waals surface area (Å²) in [5, 5.41) is 19.8. The molecule has 0 aromatic carbocycles. The van der Waals surface area contributed by atoms with Crippen LogP contribution in [0.5, 0.6) is 0 Å². The van der Waals surface area contributed by atoms with Crippen LogP contribution in [0.15, 0.2) is 10.6 Å². The van der Waals surface area contributed by atoms with Gasteiger partial charge in [0, 0.05) is 22.3 Å². The molecule has 2 N–H and O–H groups in total. The Kier molecular flexibility index (Phi) is 5.67.